The molecule has 0 bridgehead atoms. The van der Waals surface area contributed by atoms with Crippen LogP contribution in [0.4, 0.5) is 5.69 Å². The van der Waals surface area contributed by atoms with Gasteiger partial charge in [0.1, 0.15) is 24.3 Å². The van der Waals surface area contributed by atoms with Crippen LogP contribution in [-0.4, -0.2) is 25.0 Å². The van der Waals surface area contributed by atoms with Gasteiger partial charge in [-0.15, -0.1) is 0 Å². The molecule has 0 atom stereocenters. The Kier molecular flexibility index (Phi) is 8.52. The summed E-state index contributed by atoms with van der Waals surface area (Å²) in [4.78, 5) is 20.8. The van der Waals surface area contributed by atoms with Crippen molar-refractivity contribution in [1.29, 1.82) is 0 Å². The number of fused-ring (bicyclic) bond motifs is 1. The van der Waals surface area contributed by atoms with E-state index in [0.717, 1.165) is 53.0 Å². The summed E-state index contributed by atoms with van der Waals surface area (Å²) in [6, 6.07) is 20.5. The van der Waals surface area contributed by atoms with Crippen molar-refractivity contribution in [3.63, 3.8) is 0 Å². The number of carbonyl (C=O) groups is 2. The summed E-state index contributed by atoms with van der Waals surface area (Å²) in [5.41, 5.74) is 11.4. The van der Waals surface area contributed by atoms with Crippen LogP contribution < -0.4 is 5.32 Å². The molecular formula is C31H32N2O4. The summed E-state index contributed by atoms with van der Waals surface area (Å²) in [5, 5.41) is 7.21. The van der Waals surface area contributed by atoms with Gasteiger partial charge in [-0.1, -0.05) is 65.8 Å². The van der Waals surface area contributed by atoms with Gasteiger partial charge < -0.3 is 19.4 Å². The lowest BCUT2D eigenvalue weighted by atomic mass is 9.92. The first-order chi connectivity index (χ1) is 18.1. The van der Waals surface area contributed by atoms with Crippen LogP contribution in [0.25, 0.3) is 22.5 Å². The second-order valence-corrected chi connectivity index (χ2v) is 9.09. The molecule has 0 aliphatic heterocycles. The number of benzene rings is 3. The first-order valence-electron chi connectivity index (χ1n) is 12.5. The van der Waals surface area contributed by atoms with Crippen molar-refractivity contribution in [2.75, 3.05) is 12.4 Å². The highest BCUT2D eigenvalue weighted by Crippen LogP contribution is 2.36. The molecule has 37 heavy (non-hydrogen) atoms. The zero-order valence-corrected chi connectivity index (χ0v) is 21.5. The lowest BCUT2D eigenvalue weighted by Crippen LogP contribution is -1.97. The van der Waals surface area contributed by atoms with Crippen LogP contribution in [0.5, 0.6) is 0 Å². The third-order valence-electron chi connectivity index (χ3n) is 6.82. The number of anilines is 1. The minimum absolute atomic E-state index is 0.371. The van der Waals surface area contributed by atoms with Crippen LogP contribution in [-0.2, 0) is 40.2 Å². The maximum atomic E-state index is 10.9. The van der Waals surface area contributed by atoms with Gasteiger partial charge in [-0.25, -0.2) is 0 Å². The number of nitrogens with zero attached hydrogens (tertiary/aromatic N) is 1. The third kappa shape index (κ3) is 5.80. The number of ether oxygens (including phenoxy) is 1. The molecule has 0 saturated carbocycles. The number of hydrogen-bond acceptors (Lipinski definition) is 6. The molecule has 1 N–H and O–H groups in total. The molecule has 3 aromatic carbocycles. The Balaban J connectivity index is 0.000000245. The number of rotatable bonds is 8. The molecule has 1 aliphatic carbocycles. The van der Waals surface area contributed by atoms with Crippen molar-refractivity contribution in [3.05, 3.63) is 94.2 Å². The fraction of sp³-hybridized carbons (Fsp3) is 0.258. The lowest BCUT2D eigenvalue weighted by molar-refractivity contribution is -0.129. The molecule has 6 heteroatoms. The molecule has 1 aliphatic rings. The smallest absolute Gasteiger partial charge is 0.293 e. The van der Waals surface area contributed by atoms with Crippen molar-refractivity contribution < 1.29 is 18.8 Å². The summed E-state index contributed by atoms with van der Waals surface area (Å²) in [7, 11) is 1.88. The van der Waals surface area contributed by atoms with E-state index >= 15 is 0 Å². The fourth-order valence-corrected chi connectivity index (χ4v) is 4.89. The molecule has 6 nitrogen and oxygen atoms in total. The molecule has 0 amide bonds. The van der Waals surface area contributed by atoms with E-state index in [1.165, 1.54) is 34.2 Å². The minimum Gasteiger partial charge on any atom is -0.463 e. The standard InChI is InChI=1S/C22H22N2O2.C9H10O2/c1-14-21(23-2)22(26-24-14)17-8-6-15(7-9-17)19-11-10-16(12-13-25)18-4-3-5-20(18)19;1-8-4-2-3-5-9(8)6-11-7-10/h6-11,13,23H,3-5,12H2,1-2H3;2-5,7H,6H2,1H3. The average molecular weight is 497 g/mol. The van der Waals surface area contributed by atoms with E-state index < -0.39 is 0 Å². The van der Waals surface area contributed by atoms with Crippen LogP contribution in [0.3, 0.4) is 0 Å². The Morgan fingerprint density at radius 2 is 1.65 bits per heavy atom. The molecule has 190 valence electrons. The summed E-state index contributed by atoms with van der Waals surface area (Å²) in [6.07, 6.45) is 4.84. The Labute approximate surface area is 217 Å². The molecule has 1 aromatic heterocycles. The fourth-order valence-electron chi connectivity index (χ4n) is 4.89. The molecular weight excluding hydrogens is 464 g/mol. The van der Waals surface area contributed by atoms with E-state index in [-0.39, 0.29) is 0 Å². The molecule has 0 saturated heterocycles. The normalized spacial score (nSPS) is 11.8. The van der Waals surface area contributed by atoms with Gasteiger partial charge in [0.15, 0.2) is 5.76 Å². The number of hydrogen-bond donors (Lipinski definition) is 1. The first-order valence-corrected chi connectivity index (χ1v) is 12.5. The van der Waals surface area contributed by atoms with E-state index in [9.17, 15) is 9.59 Å². The van der Waals surface area contributed by atoms with E-state index in [1.807, 2.05) is 45.2 Å². The highest BCUT2D eigenvalue weighted by Gasteiger charge is 2.19. The van der Waals surface area contributed by atoms with Crippen LogP contribution in [0, 0.1) is 13.8 Å². The first kappa shape index (κ1) is 25.9. The zero-order valence-electron chi connectivity index (χ0n) is 21.5. The second-order valence-electron chi connectivity index (χ2n) is 9.09. The van der Waals surface area contributed by atoms with E-state index in [4.69, 9.17) is 4.52 Å². The largest absolute Gasteiger partial charge is 0.463 e. The van der Waals surface area contributed by atoms with Gasteiger partial charge in [0, 0.05) is 19.0 Å². The topological polar surface area (TPSA) is 81.4 Å². The maximum Gasteiger partial charge on any atom is 0.293 e. The maximum absolute atomic E-state index is 10.9. The van der Waals surface area contributed by atoms with Gasteiger partial charge in [0.25, 0.3) is 6.47 Å². The number of carbonyl (C=O) groups excluding carboxylic acids is 2. The van der Waals surface area contributed by atoms with Gasteiger partial charge in [0.05, 0.1) is 0 Å². The van der Waals surface area contributed by atoms with Crippen LogP contribution >= 0.6 is 0 Å². The van der Waals surface area contributed by atoms with Crippen LogP contribution in [0.15, 0.2) is 65.2 Å². The molecule has 0 spiro atoms. The minimum atomic E-state index is 0.371. The Bertz CT molecular complexity index is 1370. The number of aromatic nitrogens is 1. The van der Waals surface area contributed by atoms with Crippen molar-refractivity contribution in [2.45, 2.75) is 46.1 Å². The van der Waals surface area contributed by atoms with E-state index in [2.05, 4.69) is 51.6 Å². The quantitative estimate of drug-likeness (QED) is 0.290. The van der Waals surface area contributed by atoms with Crippen molar-refractivity contribution in [1.82, 2.24) is 5.16 Å². The Morgan fingerprint density at radius 1 is 0.919 bits per heavy atom. The summed E-state index contributed by atoms with van der Waals surface area (Å²) in [6.45, 7) is 4.75. The summed E-state index contributed by atoms with van der Waals surface area (Å²) >= 11 is 0. The zero-order chi connectivity index (χ0) is 26.2. The second kappa shape index (κ2) is 12.2. The molecule has 4 aromatic rings. The van der Waals surface area contributed by atoms with Gasteiger partial charge in [-0.3, -0.25) is 4.79 Å². The van der Waals surface area contributed by atoms with Gasteiger partial charge in [-0.05, 0) is 72.1 Å². The highest BCUT2D eigenvalue weighted by molar-refractivity contribution is 5.78. The summed E-state index contributed by atoms with van der Waals surface area (Å²) < 4.78 is 10.1. The van der Waals surface area contributed by atoms with Crippen LogP contribution in [0.2, 0.25) is 0 Å². The molecule has 1 heterocycles. The van der Waals surface area contributed by atoms with Gasteiger partial charge in [0.2, 0.25) is 0 Å². The monoisotopic (exact) mass is 496 g/mol. The lowest BCUT2D eigenvalue weighted by Gasteiger charge is -2.13. The number of aldehydes is 1. The predicted octanol–water partition coefficient (Wildman–Crippen LogP) is 6.26. The Hall–Kier alpha value is -4.19. The number of nitrogens with one attached hydrogen (secondary N) is 1. The van der Waals surface area contributed by atoms with E-state index in [0.29, 0.717) is 19.5 Å². The van der Waals surface area contributed by atoms with E-state index in [1.54, 1.807) is 0 Å². The van der Waals surface area contributed by atoms with Crippen molar-refractivity contribution in [2.24, 2.45) is 0 Å². The van der Waals surface area contributed by atoms with Crippen molar-refractivity contribution >= 4 is 18.4 Å². The van der Waals surface area contributed by atoms with Crippen LogP contribution in [0.1, 0.15) is 39.9 Å². The Morgan fingerprint density at radius 3 is 2.35 bits per heavy atom. The predicted molar refractivity (Wildman–Crippen MR) is 145 cm³/mol. The summed E-state index contributed by atoms with van der Waals surface area (Å²) in [5.74, 6) is 0.767. The van der Waals surface area contributed by atoms with Gasteiger partial charge in [-0.2, -0.15) is 0 Å². The molecule has 0 unspecified atom stereocenters. The SMILES string of the molecule is CNc1c(C)noc1-c1ccc(-c2ccc(CC=O)c3c2CCC3)cc1.Cc1ccccc1COC=O. The van der Waals surface area contributed by atoms with Gasteiger partial charge >= 0.3 is 0 Å². The molecule has 0 radical (unpaired) electrons. The third-order valence-corrected chi connectivity index (χ3v) is 6.82. The highest BCUT2D eigenvalue weighted by atomic mass is 16.5. The number of aryl methyl sites for hydroxylation is 2. The molecule has 0 fully saturated rings. The molecule has 5 rings (SSSR count). The van der Waals surface area contributed by atoms with Crippen molar-refractivity contribution in [3.8, 4) is 22.5 Å². The average Bonchev–Trinajstić information content (AvgIpc) is 3.56.